The maximum Gasteiger partial charge on any atom is 0.287 e. The highest BCUT2D eigenvalue weighted by atomic mass is 79.9. The van der Waals surface area contributed by atoms with Crippen LogP contribution in [-0.2, 0) is 6.54 Å². The lowest BCUT2D eigenvalue weighted by Crippen LogP contribution is -2.22. The van der Waals surface area contributed by atoms with Crippen molar-refractivity contribution in [3.05, 3.63) is 64.7 Å². The van der Waals surface area contributed by atoms with Crippen LogP contribution < -0.4 is 5.32 Å². The SMILES string of the molecule is O=C(NCc1cc(-c2ccccc2)on1)c1ccc(Br)o1. The van der Waals surface area contributed by atoms with Gasteiger partial charge in [-0.05, 0) is 28.1 Å². The van der Waals surface area contributed by atoms with Gasteiger partial charge in [0.25, 0.3) is 5.91 Å². The van der Waals surface area contributed by atoms with E-state index in [0.29, 0.717) is 16.1 Å². The molecule has 6 heteroatoms. The second-order valence-electron chi connectivity index (χ2n) is 4.33. The number of carbonyl (C=O) groups is 1. The normalized spacial score (nSPS) is 10.5. The van der Waals surface area contributed by atoms with E-state index < -0.39 is 0 Å². The molecule has 0 aliphatic carbocycles. The molecule has 1 amide bonds. The van der Waals surface area contributed by atoms with Crippen LogP contribution in [0.2, 0.25) is 0 Å². The van der Waals surface area contributed by atoms with E-state index >= 15 is 0 Å². The van der Waals surface area contributed by atoms with Gasteiger partial charge in [0.1, 0.15) is 5.69 Å². The summed E-state index contributed by atoms with van der Waals surface area (Å²) in [4.78, 5) is 11.8. The summed E-state index contributed by atoms with van der Waals surface area (Å²) in [5.74, 6) is 0.610. The smallest absolute Gasteiger partial charge is 0.287 e. The van der Waals surface area contributed by atoms with E-state index in [1.165, 1.54) is 0 Å². The minimum Gasteiger partial charge on any atom is -0.444 e. The molecular weight excluding hydrogens is 336 g/mol. The van der Waals surface area contributed by atoms with Crippen LogP contribution in [0, 0.1) is 0 Å². The molecule has 2 heterocycles. The summed E-state index contributed by atoms with van der Waals surface area (Å²) in [5.41, 5.74) is 1.59. The number of hydrogen-bond acceptors (Lipinski definition) is 4. The highest BCUT2D eigenvalue weighted by Crippen LogP contribution is 2.19. The maximum atomic E-state index is 11.8. The second kappa shape index (κ2) is 5.97. The fourth-order valence-corrected chi connectivity index (χ4v) is 2.13. The zero-order valence-corrected chi connectivity index (χ0v) is 12.5. The zero-order valence-electron chi connectivity index (χ0n) is 10.9. The maximum absolute atomic E-state index is 11.8. The number of nitrogens with one attached hydrogen (secondary N) is 1. The van der Waals surface area contributed by atoms with E-state index in [-0.39, 0.29) is 18.2 Å². The van der Waals surface area contributed by atoms with Crippen LogP contribution in [0.25, 0.3) is 11.3 Å². The lowest BCUT2D eigenvalue weighted by atomic mass is 10.2. The average molecular weight is 347 g/mol. The Balaban J connectivity index is 1.64. The van der Waals surface area contributed by atoms with Gasteiger partial charge in [0.2, 0.25) is 0 Å². The Kier molecular flexibility index (Phi) is 3.87. The van der Waals surface area contributed by atoms with Gasteiger partial charge in [-0.3, -0.25) is 4.79 Å². The molecule has 0 radical (unpaired) electrons. The lowest BCUT2D eigenvalue weighted by Gasteiger charge is -1.98. The van der Waals surface area contributed by atoms with E-state index in [9.17, 15) is 4.79 Å². The average Bonchev–Trinajstić information content (AvgIpc) is 3.15. The topological polar surface area (TPSA) is 68.3 Å². The van der Waals surface area contributed by atoms with Crippen LogP contribution in [0.15, 0.2) is 62.1 Å². The Bertz CT molecular complexity index is 749. The van der Waals surface area contributed by atoms with E-state index in [1.807, 2.05) is 30.3 Å². The van der Waals surface area contributed by atoms with Gasteiger partial charge >= 0.3 is 0 Å². The van der Waals surface area contributed by atoms with Gasteiger partial charge in [0, 0.05) is 11.6 Å². The van der Waals surface area contributed by atoms with Crippen LogP contribution >= 0.6 is 15.9 Å². The number of hydrogen-bond donors (Lipinski definition) is 1. The summed E-state index contributed by atoms with van der Waals surface area (Å²) in [6.07, 6.45) is 0. The first-order valence-electron chi connectivity index (χ1n) is 6.27. The van der Waals surface area contributed by atoms with Gasteiger partial charge in [-0.15, -0.1) is 0 Å². The summed E-state index contributed by atoms with van der Waals surface area (Å²) in [6, 6.07) is 14.7. The number of rotatable bonds is 4. The van der Waals surface area contributed by atoms with Crippen LogP contribution in [0.4, 0.5) is 0 Å². The minimum atomic E-state index is -0.301. The molecule has 3 aromatic rings. The molecule has 0 aliphatic rings. The van der Waals surface area contributed by atoms with E-state index in [4.69, 9.17) is 8.94 Å². The quantitative estimate of drug-likeness (QED) is 0.783. The Labute approximate surface area is 129 Å². The lowest BCUT2D eigenvalue weighted by molar-refractivity contribution is 0.0921. The molecule has 0 atom stereocenters. The van der Waals surface area contributed by atoms with Crippen LogP contribution in [0.3, 0.4) is 0 Å². The summed E-state index contributed by atoms with van der Waals surface area (Å²) in [7, 11) is 0. The molecule has 0 saturated heterocycles. The highest BCUT2D eigenvalue weighted by Gasteiger charge is 2.12. The van der Waals surface area contributed by atoms with Gasteiger partial charge < -0.3 is 14.3 Å². The number of aromatic nitrogens is 1. The van der Waals surface area contributed by atoms with Crippen LogP contribution in [-0.4, -0.2) is 11.1 Å². The van der Waals surface area contributed by atoms with Crippen molar-refractivity contribution in [1.82, 2.24) is 10.5 Å². The van der Waals surface area contributed by atoms with Crippen molar-refractivity contribution in [3.63, 3.8) is 0 Å². The third kappa shape index (κ3) is 3.22. The molecule has 0 spiro atoms. The molecule has 2 aromatic heterocycles. The van der Waals surface area contributed by atoms with Crippen LogP contribution in [0.5, 0.6) is 0 Å². The largest absolute Gasteiger partial charge is 0.444 e. The first kappa shape index (κ1) is 13.6. The third-order valence-corrected chi connectivity index (χ3v) is 3.27. The molecule has 1 N–H and O–H groups in total. The Morgan fingerprint density at radius 3 is 2.71 bits per heavy atom. The van der Waals surface area contributed by atoms with Crippen molar-refractivity contribution >= 4 is 21.8 Å². The van der Waals surface area contributed by atoms with Crippen molar-refractivity contribution in [1.29, 1.82) is 0 Å². The van der Waals surface area contributed by atoms with Gasteiger partial charge in [0.15, 0.2) is 16.2 Å². The van der Waals surface area contributed by atoms with Crippen LogP contribution in [0.1, 0.15) is 16.2 Å². The molecule has 106 valence electrons. The Morgan fingerprint density at radius 1 is 1.19 bits per heavy atom. The predicted molar refractivity (Wildman–Crippen MR) is 79.5 cm³/mol. The molecule has 0 fully saturated rings. The standard InChI is InChI=1S/C15H11BrN2O3/c16-14-7-6-12(20-14)15(19)17-9-11-8-13(21-18-11)10-4-2-1-3-5-10/h1-8H,9H2,(H,17,19). The molecule has 1 aromatic carbocycles. The summed E-state index contributed by atoms with van der Waals surface area (Å²) in [6.45, 7) is 0.271. The van der Waals surface area contributed by atoms with Gasteiger partial charge in [-0.1, -0.05) is 35.5 Å². The van der Waals surface area contributed by atoms with Crippen molar-refractivity contribution in [2.45, 2.75) is 6.54 Å². The summed E-state index contributed by atoms with van der Waals surface area (Å²) < 4.78 is 10.9. The second-order valence-corrected chi connectivity index (χ2v) is 5.12. The number of nitrogens with zero attached hydrogens (tertiary/aromatic N) is 1. The number of halogens is 1. The van der Waals surface area contributed by atoms with Gasteiger partial charge in [-0.25, -0.2) is 0 Å². The number of amides is 1. The summed E-state index contributed by atoms with van der Waals surface area (Å²) in [5, 5.41) is 6.65. The Hall–Kier alpha value is -2.34. The molecular formula is C15H11BrN2O3. The van der Waals surface area contributed by atoms with E-state index in [2.05, 4.69) is 26.4 Å². The minimum absolute atomic E-state index is 0.244. The van der Waals surface area contributed by atoms with E-state index in [0.717, 1.165) is 5.56 Å². The molecule has 5 nitrogen and oxygen atoms in total. The number of carbonyl (C=O) groups excluding carboxylic acids is 1. The van der Waals surface area contributed by atoms with Gasteiger partial charge in [-0.2, -0.15) is 0 Å². The molecule has 0 saturated carbocycles. The highest BCUT2D eigenvalue weighted by molar-refractivity contribution is 9.10. The fourth-order valence-electron chi connectivity index (χ4n) is 1.83. The summed E-state index contributed by atoms with van der Waals surface area (Å²) >= 11 is 3.15. The number of benzene rings is 1. The molecule has 0 aliphatic heterocycles. The first-order chi connectivity index (χ1) is 10.2. The molecule has 21 heavy (non-hydrogen) atoms. The van der Waals surface area contributed by atoms with E-state index in [1.54, 1.807) is 18.2 Å². The van der Waals surface area contributed by atoms with Crippen molar-refractivity contribution in [2.24, 2.45) is 0 Å². The van der Waals surface area contributed by atoms with Crippen molar-refractivity contribution in [2.75, 3.05) is 0 Å². The third-order valence-electron chi connectivity index (χ3n) is 2.84. The molecule has 0 unspecified atom stereocenters. The van der Waals surface area contributed by atoms with Crippen molar-refractivity contribution in [3.8, 4) is 11.3 Å². The Morgan fingerprint density at radius 2 is 2.00 bits per heavy atom. The predicted octanol–water partition coefficient (Wildman–Crippen LogP) is 3.63. The first-order valence-corrected chi connectivity index (χ1v) is 7.06. The monoisotopic (exact) mass is 346 g/mol. The van der Waals surface area contributed by atoms with Crippen molar-refractivity contribution < 1.29 is 13.7 Å². The fraction of sp³-hybridized carbons (Fsp3) is 0.0667. The van der Waals surface area contributed by atoms with Gasteiger partial charge in [0.05, 0.1) is 6.54 Å². The molecule has 3 rings (SSSR count). The zero-order chi connectivity index (χ0) is 14.7. The number of furan rings is 1. The molecule has 0 bridgehead atoms.